The molecule has 1 aliphatic heterocycles. The lowest BCUT2D eigenvalue weighted by Gasteiger charge is -2.39. The summed E-state index contributed by atoms with van der Waals surface area (Å²) in [6, 6.07) is 15.1. The van der Waals surface area contributed by atoms with Crippen LogP contribution in [0.25, 0.3) is 6.08 Å². The zero-order valence-corrected chi connectivity index (χ0v) is 17.8. The number of esters is 1. The van der Waals surface area contributed by atoms with E-state index in [2.05, 4.69) is 5.32 Å². The summed E-state index contributed by atoms with van der Waals surface area (Å²) in [5, 5.41) is 3.25. The Morgan fingerprint density at radius 3 is 2.70 bits per heavy atom. The molecule has 0 spiro atoms. The molecule has 0 unspecified atom stereocenters. The largest absolute Gasteiger partial charge is 0.491 e. The maximum atomic E-state index is 12.8. The average Bonchev–Trinajstić information content (AvgIpc) is 2.69. The Morgan fingerprint density at radius 1 is 1.17 bits per heavy atom. The second-order valence-corrected chi connectivity index (χ2v) is 7.96. The zero-order chi connectivity index (χ0) is 21.7. The molecule has 3 rings (SSSR count). The summed E-state index contributed by atoms with van der Waals surface area (Å²) >= 11 is 0. The fourth-order valence-electron chi connectivity index (χ4n) is 3.29. The molecule has 2 aromatic carbocycles. The molecule has 0 atom stereocenters. The highest BCUT2D eigenvalue weighted by atomic mass is 16.5. The number of nitrogens with zero attached hydrogens (tertiary/aromatic N) is 1. The van der Waals surface area contributed by atoms with E-state index in [1.165, 1.54) is 6.08 Å². The Kier molecular flexibility index (Phi) is 6.45. The molecule has 1 N–H and O–H groups in total. The van der Waals surface area contributed by atoms with Crippen LogP contribution in [0.4, 0.5) is 11.4 Å². The topological polar surface area (TPSA) is 67.9 Å². The maximum Gasteiger partial charge on any atom is 0.330 e. The first kappa shape index (κ1) is 21.4. The molecule has 6 nitrogen and oxygen atoms in total. The zero-order valence-electron chi connectivity index (χ0n) is 17.8. The lowest BCUT2D eigenvalue weighted by Crippen LogP contribution is -2.54. The Balaban J connectivity index is 1.58. The van der Waals surface area contributed by atoms with E-state index in [1.54, 1.807) is 11.0 Å². The normalized spacial score (nSPS) is 15.1. The average molecular weight is 408 g/mol. The molecule has 2 aromatic rings. The van der Waals surface area contributed by atoms with Crippen molar-refractivity contribution in [3.05, 3.63) is 60.2 Å². The van der Waals surface area contributed by atoms with Crippen LogP contribution in [0.2, 0.25) is 0 Å². The van der Waals surface area contributed by atoms with E-state index in [1.807, 2.05) is 76.2 Å². The molecule has 0 bridgehead atoms. The van der Waals surface area contributed by atoms with Crippen LogP contribution in [0.15, 0.2) is 54.6 Å². The van der Waals surface area contributed by atoms with Crippen LogP contribution in [0.1, 0.15) is 33.3 Å². The van der Waals surface area contributed by atoms with E-state index in [9.17, 15) is 9.59 Å². The van der Waals surface area contributed by atoms with Crippen molar-refractivity contribution in [2.45, 2.75) is 39.3 Å². The number of anilines is 2. The summed E-state index contributed by atoms with van der Waals surface area (Å²) in [6.45, 7) is 7.99. The van der Waals surface area contributed by atoms with E-state index in [-0.39, 0.29) is 25.2 Å². The van der Waals surface area contributed by atoms with Crippen molar-refractivity contribution in [2.24, 2.45) is 0 Å². The predicted octanol–water partition coefficient (Wildman–Crippen LogP) is 4.27. The molecular weight excluding hydrogens is 380 g/mol. The van der Waals surface area contributed by atoms with E-state index in [0.29, 0.717) is 0 Å². The van der Waals surface area contributed by atoms with Gasteiger partial charge in [-0.1, -0.05) is 24.3 Å². The van der Waals surface area contributed by atoms with Crippen molar-refractivity contribution in [1.29, 1.82) is 0 Å². The monoisotopic (exact) mass is 408 g/mol. The van der Waals surface area contributed by atoms with Crippen LogP contribution in [0, 0.1) is 0 Å². The van der Waals surface area contributed by atoms with Crippen molar-refractivity contribution < 1.29 is 19.1 Å². The standard InChI is InChI=1S/C24H28N2O4/c1-17(2)30-19-9-7-8-18(16-19)12-13-22(27)29-15-14-26-21-11-6-5-10-20(21)25-24(3,4)23(26)28/h5-13,16-17,25H,14-15H2,1-4H3/b13-12+. The van der Waals surface area contributed by atoms with E-state index in [0.717, 1.165) is 22.7 Å². The summed E-state index contributed by atoms with van der Waals surface area (Å²) in [7, 11) is 0. The SMILES string of the molecule is CC(C)Oc1cccc(/C=C/C(=O)OCCN2C(=O)C(C)(C)Nc3ccccc32)c1. The predicted molar refractivity (Wildman–Crippen MR) is 119 cm³/mol. The summed E-state index contributed by atoms with van der Waals surface area (Å²) in [5.74, 6) is 0.231. The lowest BCUT2D eigenvalue weighted by atomic mass is 9.98. The number of hydrogen-bond acceptors (Lipinski definition) is 5. The quantitative estimate of drug-likeness (QED) is 0.547. The second-order valence-electron chi connectivity index (χ2n) is 7.96. The molecule has 0 saturated heterocycles. The second kappa shape index (κ2) is 9.03. The summed E-state index contributed by atoms with van der Waals surface area (Å²) in [6.07, 6.45) is 3.15. The Labute approximate surface area is 177 Å². The Bertz CT molecular complexity index is 950. The first-order chi connectivity index (χ1) is 14.3. The van der Waals surface area contributed by atoms with Crippen LogP contribution >= 0.6 is 0 Å². The molecule has 1 amide bonds. The molecule has 1 heterocycles. The minimum atomic E-state index is -0.721. The van der Waals surface area contributed by atoms with Crippen molar-refractivity contribution in [3.63, 3.8) is 0 Å². The number of carbonyl (C=O) groups is 2. The van der Waals surface area contributed by atoms with E-state index in [4.69, 9.17) is 9.47 Å². The maximum absolute atomic E-state index is 12.8. The molecule has 0 fully saturated rings. The van der Waals surface area contributed by atoms with Crippen LogP contribution in [-0.2, 0) is 14.3 Å². The number of carbonyl (C=O) groups excluding carboxylic acids is 2. The molecule has 158 valence electrons. The van der Waals surface area contributed by atoms with Gasteiger partial charge in [-0.3, -0.25) is 4.79 Å². The highest BCUT2D eigenvalue weighted by Gasteiger charge is 2.38. The first-order valence-electron chi connectivity index (χ1n) is 10.1. The molecular formula is C24H28N2O4. The lowest BCUT2D eigenvalue weighted by molar-refractivity contribution is -0.137. The van der Waals surface area contributed by atoms with Crippen molar-refractivity contribution in [2.75, 3.05) is 23.4 Å². The van der Waals surface area contributed by atoms with Gasteiger partial charge in [-0.05, 0) is 63.6 Å². The van der Waals surface area contributed by atoms with Crippen LogP contribution in [0.3, 0.4) is 0 Å². The third-order valence-electron chi connectivity index (χ3n) is 4.62. The van der Waals surface area contributed by atoms with Gasteiger partial charge >= 0.3 is 5.97 Å². The minimum absolute atomic E-state index is 0.0604. The fourth-order valence-corrected chi connectivity index (χ4v) is 3.29. The van der Waals surface area contributed by atoms with Crippen molar-refractivity contribution in [1.82, 2.24) is 0 Å². The summed E-state index contributed by atoms with van der Waals surface area (Å²) in [5.41, 5.74) is 1.80. The number of fused-ring (bicyclic) bond motifs is 1. The van der Waals surface area contributed by atoms with Crippen LogP contribution in [-0.4, -0.2) is 36.7 Å². The van der Waals surface area contributed by atoms with E-state index >= 15 is 0 Å². The van der Waals surface area contributed by atoms with Gasteiger partial charge in [-0.25, -0.2) is 4.79 Å². The van der Waals surface area contributed by atoms with Gasteiger partial charge in [0.2, 0.25) is 0 Å². The molecule has 30 heavy (non-hydrogen) atoms. The highest BCUT2D eigenvalue weighted by molar-refractivity contribution is 6.07. The molecule has 6 heteroatoms. The molecule has 1 aliphatic rings. The van der Waals surface area contributed by atoms with Crippen molar-refractivity contribution in [3.8, 4) is 5.75 Å². The Morgan fingerprint density at radius 2 is 1.93 bits per heavy atom. The number of amides is 1. The summed E-state index contributed by atoms with van der Waals surface area (Å²) < 4.78 is 11.0. The molecule has 0 saturated carbocycles. The number of ether oxygens (including phenoxy) is 2. The van der Waals surface area contributed by atoms with Gasteiger partial charge in [0.15, 0.2) is 0 Å². The number of nitrogens with one attached hydrogen (secondary N) is 1. The number of rotatable bonds is 7. The third-order valence-corrected chi connectivity index (χ3v) is 4.62. The van der Waals surface area contributed by atoms with Crippen LogP contribution < -0.4 is 15.0 Å². The smallest absolute Gasteiger partial charge is 0.330 e. The van der Waals surface area contributed by atoms with E-state index < -0.39 is 11.5 Å². The van der Waals surface area contributed by atoms with Gasteiger partial charge in [-0.2, -0.15) is 0 Å². The summed E-state index contributed by atoms with van der Waals surface area (Å²) in [4.78, 5) is 26.6. The molecule has 0 aliphatic carbocycles. The van der Waals surface area contributed by atoms with Crippen molar-refractivity contribution >= 4 is 29.3 Å². The van der Waals surface area contributed by atoms with Gasteiger partial charge in [0, 0.05) is 6.08 Å². The van der Waals surface area contributed by atoms with Gasteiger partial charge in [0.25, 0.3) is 5.91 Å². The highest BCUT2D eigenvalue weighted by Crippen LogP contribution is 2.34. The molecule has 0 radical (unpaired) electrons. The van der Waals surface area contributed by atoms with Gasteiger partial charge < -0.3 is 19.7 Å². The van der Waals surface area contributed by atoms with Gasteiger partial charge in [0.05, 0.1) is 24.0 Å². The van der Waals surface area contributed by atoms with Gasteiger partial charge in [0.1, 0.15) is 17.9 Å². The fraction of sp³-hybridized carbons (Fsp3) is 0.333. The minimum Gasteiger partial charge on any atom is -0.491 e. The molecule has 0 aromatic heterocycles. The number of hydrogen-bond donors (Lipinski definition) is 1. The number of para-hydroxylation sites is 2. The number of benzene rings is 2. The van der Waals surface area contributed by atoms with Crippen LogP contribution in [0.5, 0.6) is 5.75 Å². The third kappa shape index (κ3) is 5.20. The van der Waals surface area contributed by atoms with Gasteiger partial charge in [-0.15, -0.1) is 0 Å². The first-order valence-corrected chi connectivity index (χ1v) is 10.1. The Hall–Kier alpha value is -3.28.